The molecule has 0 radical (unpaired) electrons. The summed E-state index contributed by atoms with van der Waals surface area (Å²) in [5.74, 6) is 0.0880. The Morgan fingerprint density at radius 3 is 1.04 bits per heavy atom. The van der Waals surface area contributed by atoms with Crippen molar-refractivity contribution in [2.75, 3.05) is 0 Å². The third kappa shape index (κ3) is 8.68. The highest BCUT2D eigenvalue weighted by Gasteiger charge is 2.35. The summed E-state index contributed by atoms with van der Waals surface area (Å²) >= 11 is 0. The maximum Gasteiger partial charge on any atom is 0.249 e. The molecule has 0 aliphatic heterocycles. The minimum atomic E-state index is -0.172. The highest BCUT2D eigenvalue weighted by Crippen LogP contribution is 2.26. The minimum absolute atomic E-state index is 0.0324. The van der Waals surface area contributed by atoms with Gasteiger partial charge in [0.1, 0.15) is 0 Å². The van der Waals surface area contributed by atoms with Gasteiger partial charge in [0.2, 0.25) is 11.8 Å². The molecule has 0 unspecified atom stereocenters. The van der Waals surface area contributed by atoms with Crippen LogP contribution < -0.4 is 0 Å². The number of rotatable bonds is 4. The Bertz CT molecular complexity index is 495. The van der Waals surface area contributed by atoms with Gasteiger partial charge in [0.25, 0.3) is 0 Å². The van der Waals surface area contributed by atoms with Crippen LogP contribution in [0, 0.1) is 0 Å². The molecular weight excluding hydrogens is 324 g/mol. The Morgan fingerprint density at radius 1 is 0.692 bits per heavy atom. The van der Waals surface area contributed by atoms with Gasteiger partial charge in [0, 0.05) is 34.3 Å². The van der Waals surface area contributed by atoms with Gasteiger partial charge >= 0.3 is 0 Å². The van der Waals surface area contributed by atoms with E-state index in [1.807, 2.05) is 79.0 Å². The molecule has 0 atom stereocenters. The highest BCUT2D eigenvalue weighted by molar-refractivity contribution is 5.93. The number of hydrogen-bond acceptors (Lipinski definition) is 2. The molecule has 0 rings (SSSR count). The van der Waals surface area contributed by atoms with E-state index in [2.05, 4.69) is 13.2 Å². The molecule has 2 amide bonds. The number of carbonyl (C=O) groups is 2. The van der Waals surface area contributed by atoms with Crippen molar-refractivity contribution in [3.8, 4) is 0 Å². The van der Waals surface area contributed by atoms with E-state index in [1.165, 1.54) is 0 Å². The summed E-state index contributed by atoms with van der Waals surface area (Å²) in [5.41, 5.74) is 0.856. The van der Waals surface area contributed by atoms with Crippen LogP contribution in [0.2, 0.25) is 0 Å². The first kappa shape index (κ1) is 26.6. The van der Waals surface area contributed by atoms with Crippen molar-refractivity contribution >= 4 is 11.8 Å². The standard InChI is InChI=1S/C12H23NO.C10H19NO/c1-9(2)10(14)13(11(3,4)5)12(6,7)8;1-7(2)10(12)11(8(3)4)9(5)6/h1H2,2-8H3;8-9H,1H2,2-6H3. The zero-order valence-electron chi connectivity index (χ0n) is 19.3. The van der Waals surface area contributed by atoms with E-state index in [0.29, 0.717) is 11.1 Å². The highest BCUT2D eigenvalue weighted by atomic mass is 16.2. The fourth-order valence-electron chi connectivity index (χ4n) is 3.09. The molecule has 0 bridgehead atoms. The van der Waals surface area contributed by atoms with Gasteiger partial charge in [-0.05, 0) is 83.1 Å². The summed E-state index contributed by atoms with van der Waals surface area (Å²) in [7, 11) is 0. The summed E-state index contributed by atoms with van der Waals surface area (Å²) < 4.78 is 0. The molecule has 0 N–H and O–H groups in total. The molecule has 0 spiro atoms. The van der Waals surface area contributed by atoms with Gasteiger partial charge in [0.05, 0.1) is 0 Å². The Kier molecular flexibility index (Phi) is 10.2. The summed E-state index contributed by atoms with van der Waals surface area (Å²) in [6.07, 6.45) is 0. The summed E-state index contributed by atoms with van der Waals surface area (Å²) in [4.78, 5) is 27.2. The lowest BCUT2D eigenvalue weighted by molar-refractivity contribution is -0.138. The van der Waals surface area contributed by atoms with Gasteiger partial charge in [-0.1, -0.05) is 13.2 Å². The predicted octanol–water partition coefficient (Wildman–Crippen LogP) is 5.20. The second-order valence-electron chi connectivity index (χ2n) is 9.44. The zero-order valence-corrected chi connectivity index (χ0v) is 19.3. The van der Waals surface area contributed by atoms with Crippen LogP contribution in [0.1, 0.15) is 83.1 Å². The average Bonchev–Trinajstić information content (AvgIpc) is 2.34. The van der Waals surface area contributed by atoms with E-state index in [0.717, 1.165) is 0 Å². The second-order valence-corrected chi connectivity index (χ2v) is 9.44. The molecule has 0 aliphatic rings. The molecule has 0 aromatic rings. The number of carbonyl (C=O) groups excluding carboxylic acids is 2. The Hall–Kier alpha value is -1.58. The van der Waals surface area contributed by atoms with Crippen molar-refractivity contribution in [1.29, 1.82) is 0 Å². The van der Waals surface area contributed by atoms with E-state index in [4.69, 9.17) is 0 Å². The normalized spacial score (nSPS) is 11.6. The van der Waals surface area contributed by atoms with Crippen LogP contribution in [0.25, 0.3) is 0 Å². The lowest BCUT2D eigenvalue weighted by atomic mass is 9.95. The monoisotopic (exact) mass is 366 g/mol. The van der Waals surface area contributed by atoms with E-state index < -0.39 is 0 Å². The number of amides is 2. The molecule has 0 aliphatic carbocycles. The minimum Gasteiger partial charge on any atom is -0.334 e. The van der Waals surface area contributed by atoms with Crippen LogP contribution in [0.5, 0.6) is 0 Å². The first-order valence-corrected chi connectivity index (χ1v) is 9.34. The first-order valence-electron chi connectivity index (χ1n) is 9.34. The quantitative estimate of drug-likeness (QED) is 0.642. The van der Waals surface area contributed by atoms with Crippen molar-refractivity contribution in [1.82, 2.24) is 9.80 Å². The molecule has 0 aromatic heterocycles. The van der Waals surface area contributed by atoms with Gasteiger partial charge in [-0.2, -0.15) is 0 Å². The Balaban J connectivity index is 0. The van der Waals surface area contributed by atoms with Gasteiger partial charge in [-0.15, -0.1) is 0 Å². The SMILES string of the molecule is C=C(C)C(=O)N(C(C)(C)C)C(C)(C)C.C=C(C)C(=O)N(C(C)C)C(C)C. The lowest BCUT2D eigenvalue weighted by Gasteiger charge is -2.45. The topological polar surface area (TPSA) is 40.6 Å². The smallest absolute Gasteiger partial charge is 0.249 e. The van der Waals surface area contributed by atoms with Crippen LogP contribution in [-0.2, 0) is 9.59 Å². The Labute approximate surface area is 162 Å². The second kappa shape index (κ2) is 9.94. The van der Waals surface area contributed by atoms with Crippen molar-refractivity contribution < 1.29 is 9.59 Å². The summed E-state index contributed by atoms with van der Waals surface area (Å²) in [5, 5.41) is 0. The molecule has 0 saturated carbocycles. The predicted molar refractivity (Wildman–Crippen MR) is 113 cm³/mol. The fraction of sp³-hybridized carbons (Fsp3) is 0.727. The lowest BCUT2D eigenvalue weighted by Crippen LogP contribution is -2.55. The number of nitrogens with zero attached hydrogens (tertiary/aromatic N) is 2. The molecule has 0 heterocycles. The molecular formula is C22H42N2O2. The van der Waals surface area contributed by atoms with E-state index >= 15 is 0 Å². The van der Waals surface area contributed by atoms with Crippen LogP contribution >= 0.6 is 0 Å². The van der Waals surface area contributed by atoms with Crippen molar-refractivity contribution in [3.05, 3.63) is 24.3 Å². The van der Waals surface area contributed by atoms with Crippen LogP contribution in [0.4, 0.5) is 0 Å². The largest absolute Gasteiger partial charge is 0.334 e. The average molecular weight is 367 g/mol. The van der Waals surface area contributed by atoms with Gasteiger partial charge in [-0.25, -0.2) is 0 Å². The number of hydrogen-bond donors (Lipinski definition) is 0. The molecule has 0 saturated heterocycles. The van der Waals surface area contributed by atoms with Crippen LogP contribution in [0.3, 0.4) is 0 Å². The van der Waals surface area contributed by atoms with E-state index in [1.54, 1.807) is 13.8 Å². The summed E-state index contributed by atoms with van der Waals surface area (Å²) in [6.45, 7) is 31.2. The van der Waals surface area contributed by atoms with Crippen LogP contribution in [0.15, 0.2) is 24.3 Å². The summed E-state index contributed by atoms with van der Waals surface area (Å²) in [6, 6.07) is 0.489. The fourth-order valence-corrected chi connectivity index (χ4v) is 3.09. The molecule has 152 valence electrons. The first-order chi connectivity index (χ1) is 11.4. The maximum absolute atomic E-state index is 12.0. The van der Waals surface area contributed by atoms with Gasteiger partial charge < -0.3 is 9.80 Å². The molecule has 0 fully saturated rings. The van der Waals surface area contributed by atoms with Gasteiger partial charge in [0.15, 0.2) is 0 Å². The van der Waals surface area contributed by atoms with Crippen molar-refractivity contribution in [2.45, 2.75) is 106 Å². The zero-order chi connectivity index (χ0) is 21.6. The Morgan fingerprint density at radius 2 is 0.962 bits per heavy atom. The third-order valence-corrected chi connectivity index (χ3v) is 3.62. The third-order valence-electron chi connectivity index (χ3n) is 3.62. The van der Waals surface area contributed by atoms with Crippen LogP contribution in [-0.4, -0.2) is 44.8 Å². The maximum atomic E-state index is 12.0. The van der Waals surface area contributed by atoms with Gasteiger partial charge in [-0.3, -0.25) is 9.59 Å². The van der Waals surface area contributed by atoms with E-state index in [9.17, 15) is 9.59 Å². The molecule has 4 heteroatoms. The molecule has 4 nitrogen and oxygen atoms in total. The molecule has 0 aromatic carbocycles. The van der Waals surface area contributed by atoms with E-state index in [-0.39, 0.29) is 35.0 Å². The van der Waals surface area contributed by atoms with Crippen molar-refractivity contribution in [3.63, 3.8) is 0 Å². The van der Waals surface area contributed by atoms with Crippen molar-refractivity contribution in [2.24, 2.45) is 0 Å². The molecule has 26 heavy (non-hydrogen) atoms.